The Balaban J connectivity index is 2.17. The highest BCUT2D eigenvalue weighted by Crippen LogP contribution is 2.07. The Labute approximate surface area is 113 Å². The Hall–Kier alpha value is -1.93. The second-order valence-electron chi connectivity index (χ2n) is 3.64. The van der Waals surface area contributed by atoms with Crippen molar-refractivity contribution in [1.29, 1.82) is 0 Å². The Bertz CT molecular complexity index is 446. The molecule has 0 bridgehead atoms. The Morgan fingerprint density at radius 2 is 2.05 bits per heavy atom. The minimum atomic E-state index is -1.62. The zero-order valence-corrected chi connectivity index (χ0v) is 10.8. The number of nitrogens with one attached hydrogen (secondary N) is 2. The number of hydrogen-bond acceptors (Lipinski definition) is 5. The summed E-state index contributed by atoms with van der Waals surface area (Å²) in [5, 5.41) is 23.9. The number of aliphatic carboxylic acids is 1. The van der Waals surface area contributed by atoms with E-state index < -0.39 is 18.0 Å². The standard InChI is InChI=1S/C11H14N2O5S/c14-7(11(17)18)6-13-9(15)3-4-12-10(16)8-2-1-5-19-8/h1-2,5,7,14H,3-4,6H2,(H,12,16)(H,13,15)(H,17,18). The van der Waals surface area contributed by atoms with Crippen molar-refractivity contribution in [3.63, 3.8) is 0 Å². The van der Waals surface area contributed by atoms with E-state index in [1.54, 1.807) is 17.5 Å². The normalized spacial score (nSPS) is 11.6. The highest BCUT2D eigenvalue weighted by molar-refractivity contribution is 7.12. The summed E-state index contributed by atoms with van der Waals surface area (Å²) in [5.41, 5.74) is 0. The number of thiophene rings is 1. The van der Waals surface area contributed by atoms with Crippen LogP contribution in [0, 0.1) is 0 Å². The second kappa shape index (κ2) is 7.49. The molecule has 1 aromatic heterocycles. The van der Waals surface area contributed by atoms with E-state index in [1.165, 1.54) is 11.3 Å². The van der Waals surface area contributed by atoms with Gasteiger partial charge in [-0.15, -0.1) is 11.3 Å². The van der Waals surface area contributed by atoms with Crippen LogP contribution in [0.5, 0.6) is 0 Å². The summed E-state index contributed by atoms with van der Waals surface area (Å²) in [4.78, 5) is 33.6. The first-order valence-electron chi connectivity index (χ1n) is 5.50. The number of aliphatic hydroxyl groups excluding tert-OH is 1. The van der Waals surface area contributed by atoms with Crippen LogP contribution in [0.15, 0.2) is 17.5 Å². The van der Waals surface area contributed by atoms with Crippen LogP contribution in [0.25, 0.3) is 0 Å². The Kier molecular flexibility index (Phi) is 5.97. The first-order valence-corrected chi connectivity index (χ1v) is 6.38. The summed E-state index contributed by atoms with van der Waals surface area (Å²) in [6, 6.07) is 3.42. The molecular weight excluding hydrogens is 272 g/mol. The maximum absolute atomic E-state index is 11.5. The topological polar surface area (TPSA) is 116 Å². The third-order valence-electron chi connectivity index (χ3n) is 2.16. The first kappa shape index (κ1) is 15.1. The summed E-state index contributed by atoms with van der Waals surface area (Å²) in [7, 11) is 0. The summed E-state index contributed by atoms with van der Waals surface area (Å²) in [6.07, 6.45) is -1.60. The highest BCUT2D eigenvalue weighted by atomic mass is 32.1. The van der Waals surface area contributed by atoms with Gasteiger partial charge in [0, 0.05) is 13.0 Å². The minimum Gasteiger partial charge on any atom is -0.479 e. The van der Waals surface area contributed by atoms with E-state index in [0.29, 0.717) is 4.88 Å². The van der Waals surface area contributed by atoms with Gasteiger partial charge in [-0.2, -0.15) is 0 Å². The van der Waals surface area contributed by atoms with Crippen LogP contribution in [0.3, 0.4) is 0 Å². The van der Waals surface area contributed by atoms with Crippen LogP contribution in [0.1, 0.15) is 16.1 Å². The van der Waals surface area contributed by atoms with Gasteiger partial charge in [-0.1, -0.05) is 6.07 Å². The van der Waals surface area contributed by atoms with E-state index in [0.717, 1.165) is 0 Å². The zero-order valence-electron chi connectivity index (χ0n) is 9.96. The molecule has 0 radical (unpaired) electrons. The van der Waals surface area contributed by atoms with Crippen LogP contribution in [-0.2, 0) is 9.59 Å². The number of carboxylic acid groups (broad SMARTS) is 1. The average molecular weight is 286 g/mol. The van der Waals surface area contributed by atoms with Crippen molar-refractivity contribution >= 4 is 29.1 Å². The third-order valence-corrected chi connectivity index (χ3v) is 3.03. The maximum Gasteiger partial charge on any atom is 0.334 e. The predicted octanol–water partition coefficient (Wildman–Crippen LogP) is -0.570. The largest absolute Gasteiger partial charge is 0.479 e. The van der Waals surface area contributed by atoms with Crippen molar-refractivity contribution in [2.75, 3.05) is 13.1 Å². The van der Waals surface area contributed by atoms with E-state index in [1.807, 2.05) is 0 Å². The molecule has 0 aliphatic rings. The lowest BCUT2D eigenvalue weighted by atomic mass is 10.3. The molecule has 0 saturated carbocycles. The molecule has 1 aromatic rings. The average Bonchev–Trinajstić information content (AvgIpc) is 2.89. The fourth-order valence-electron chi connectivity index (χ4n) is 1.17. The van der Waals surface area contributed by atoms with Gasteiger partial charge in [-0.05, 0) is 11.4 Å². The van der Waals surface area contributed by atoms with Crippen molar-refractivity contribution in [2.45, 2.75) is 12.5 Å². The lowest BCUT2D eigenvalue weighted by molar-refractivity contribution is -0.146. The number of carbonyl (C=O) groups is 3. The number of aliphatic hydroxyl groups is 1. The number of carboxylic acids is 1. The molecule has 7 nitrogen and oxygen atoms in total. The van der Waals surface area contributed by atoms with Crippen LogP contribution in [0.4, 0.5) is 0 Å². The Morgan fingerprint density at radius 1 is 1.32 bits per heavy atom. The molecule has 104 valence electrons. The fourth-order valence-corrected chi connectivity index (χ4v) is 1.81. The second-order valence-corrected chi connectivity index (χ2v) is 4.59. The summed E-state index contributed by atoms with van der Waals surface area (Å²) in [6.45, 7) is -0.210. The third kappa shape index (κ3) is 5.49. The van der Waals surface area contributed by atoms with E-state index in [2.05, 4.69) is 10.6 Å². The van der Waals surface area contributed by atoms with Crippen molar-refractivity contribution in [1.82, 2.24) is 10.6 Å². The van der Waals surface area contributed by atoms with Crippen LogP contribution in [0.2, 0.25) is 0 Å². The van der Waals surface area contributed by atoms with Gasteiger partial charge in [0.15, 0.2) is 6.10 Å². The number of rotatable bonds is 7. The molecule has 4 N–H and O–H groups in total. The van der Waals surface area contributed by atoms with Gasteiger partial charge < -0.3 is 20.8 Å². The molecule has 19 heavy (non-hydrogen) atoms. The quantitative estimate of drug-likeness (QED) is 0.536. The lowest BCUT2D eigenvalue weighted by Crippen LogP contribution is -2.38. The summed E-state index contributed by atoms with van der Waals surface area (Å²) in [5.74, 6) is -2.09. The van der Waals surface area contributed by atoms with Gasteiger partial charge in [-0.25, -0.2) is 4.79 Å². The van der Waals surface area contributed by atoms with Crippen LogP contribution >= 0.6 is 11.3 Å². The fraction of sp³-hybridized carbons (Fsp3) is 0.364. The van der Waals surface area contributed by atoms with Gasteiger partial charge in [-0.3, -0.25) is 9.59 Å². The molecule has 0 aliphatic carbocycles. The molecular formula is C11H14N2O5S. The van der Waals surface area contributed by atoms with Crippen molar-refractivity contribution in [2.24, 2.45) is 0 Å². The van der Waals surface area contributed by atoms with E-state index in [-0.39, 0.29) is 25.4 Å². The molecule has 0 saturated heterocycles. The monoisotopic (exact) mass is 286 g/mol. The molecule has 0 aromatic carbocycles. The molecule has 0 fully saturated rings. The molecule has 1 unspecified atom stereocenters. The number of hydrogen-bond donors (Lipinski definition) is 4. The van der Waals surface area contributed by atoms with E-state index >= 15 is 0 Å². The molecule has 8 heteroatoms. The van der Waals surface area contributed by atoms with Gasteiger partial charge in [0.1, 0.15) is 0 Å². The molecule has 0 spiro atoms. The van der Waals surface area contributed by atoms with Gasteiger partial charge in [0.05, 0.1) is 11.4 Å². The smallest absolute Gasteiger partial charge is 0.334 e. The molecule has 0 aliphatic heterocycles. The van der Waals surface area contributed by atoms with Gasteiger partial charge in [0.25, 0.3) is 5.91 Å². The van der Waals surface area contributed by atoms with Gasteiger partial charge >= 0.3 is 5.97 Å². The molecule has 1 heterocycles. The van der Waals surface area contributed by atoms with Crippen LogP contribution < -0.4 is 10.6 Å². The highest BCUT2D eigenvalue weighted by Gasteiger charge is 2.14. The van der Waals surface area contributed by atoms with Gasteiger partial charge in [0.2, 0.25) is 5.91 Å². The Morgan fingerprint density at radius 3 is 2.63 bits per heavy atom. The molecule has 1 atom stereocenters. The number of carbonyl (C=O) groups excluding carboxylic acids is 2. The van der Waals surface area contributed by atoms with Crippen molar-refractivity contribution in [3.05, 3.63) is 22.4 Å². The van der Waals surface area contributed by atoms with E-state index in [9.17, 15) is 14.4 Å². The van der Waals surface area contributed by atoms with Crippen LogP contribution in [-0.4, -0.2) is 47.2 Å². The SMILES string of the molecule is O=C(CCNC(=O)c1cccs1)NCC(O)C(=O)O. The predicted molar refractivity (Wildman–Crippen MR) is 67.9 cm³/mol. The summed E-state index contributed by atoms with van der Waals surface area (Å²) < 4.78 is 0. The first-order chi connectivity index (χ1) is 9.00. The van der Waals surface area contributed by atoms with E-state index in [4.69, 9.17) is 10.2 Å². The number of amides is 2. The summed E-state index contributed by atoms with van der Waals surface area (Å²) >= 11 is 1.30. The van der Waals surface area contributed by atoms with Crippen molar-refractivity contribution < 1.29 is 24.6 Å². The van der Waals surface area contributed by atoms with Crippen molar-refractivity contribution in [3.8, 4) is 0 Å². The molecule has 2 amide bonds. The zero-order chi connectivity index (χ0) is 14.3. The molecule has 1 rings (SSSR count). The lowest BCUT2D eigenvalue weighted by Gasteiger charge is -2.08. The minimum absolute atomic E-state index is 0.0173. The maximum atomic E-state index is 11.5.